The van der Waals surface area contributed by atoms with Crippen molar-refractivity contribution in [1.29, 1.82) is 0 Å². The largest absolute Gasteiger partial charge is 0.117 e. The summed E-state index contributed by atoms with van der Waals surface area (Å²) in [6.07, 6.45) is 7.90. The summed E-state index contributed by atoms with van der Waals surface area (Å²) in [5.74, 6) is 0. The molecular weight excluding hydrogens is 188 g/mol. The molecule has 1 heterocycles. The Hall–Kier alpha value is -0.950. The Bertz CT molecular complexity index is 441. The second kappa shape index (κ2) is 3.03. The Morgan fingerprint density at radius 3 is 3.21 bits per heavy atom. The number of allylic oxidation sites excluding steroid dienone is 3. The van der Waals surface area contributed by atoms with Gasteiger partial charge < -0.3 is 0 Å². The Kier molecular flexibility index (Phi) is 1.81. The molecule has 0 radical (unpaired) electrons. The first-order valence-corrected chi connectivity index (χ1v) is 5.87. The quantitative estimate of drug-likeness (QED) is 0.613. The van der Waals surface area contributed by atoms with Crippen LogP contribution in [-0.2, 0) is 0 Å². The van der Waals surface area contributed by atoms with Crippen molar-refractivity contribution in [2.45, 2.75) is 23.5 Å². The highest BCUT2D eigenvalue weighted by Gasteiger charge is 2.27. The van der Waals surface area contributed by atoms with Crippen LogP contribution in [0.3, 0.4) is 0 Å². The normalized spacial score (nSPS) is 22.9. The minimum Gasteiger partial charge on any atom is -0.117 e. The lowest BCUT2D eigenvalue weighted by Crippen LogP contribution is -2.00. The van der Waals surface area contributed by atoms with E-state index in [9.17, 15) is 0 Å². The van der Waals surface area contributed by atoms with Crippen LogP contribution in [0.25, 0.3) is 5.57 Å². The number of hydrogen-bond acceptors (Lipinski definition) is 1. The third-order valence-electron chi connectivity index (χ3n) is 2.83. The molecule has 0 N–H and O–H groups in total. The SMILES string of the molecule is Cc1ccc2c(c1)SC1CC=CC=C21. The summed E-state index contributed by atoms with van der Waals surface area (Å²) < 4.78 is 0. The first-order valence-electron chi connectivity index (χ1n) is 4.99. The fourth-order valence-corrected chi connectivity index (χ4v) is 3.51. The second-order valence-electron chi connectivity index (χ2n) is 3.89. The van der Waals surface area contributed by atoms with Gasteiger partial charge in [-0.25, -0.2) is 0 Å². The fraction of sp³-hybridized carbons (Fsp3) is 0.231. The Labute approximate surface area is 88.7 Å². The molecule has 1 aliphatic carbocycles. The summed E-state index contributed by atoms with van der Waals surface area (Å²) in [5.41, 5.74) is 4.34. The molecule has 1 heteroatoms. The molecule has 14 heavy (non-hydrogen) atoms. The van der Waals surface area contributed by atoms with Gasteiger partial charge in [0.25, 0.3) is 0 Å². The molecule has 70 valence electrons. The van der Waals surface area contributed by atoms with E-state index in [0.29, 0.717) is 5.25 Å². The molecule has 0 fully saturated rings. The van der Waals surface area contributed by atoms with Gasteiger partial charge >= 0.3 is 0 Å². The summed E-state index contributed by atoms with van der Waals surface area (Å²) in [6, 6.07) is 6.78. The van der Waals surface area contributed by atoms with Crippen molar-refractivity contribution in [3.63, 3.8) is 0 Å². The summed E-state index contributed by atoms with van der Waals surface area (Å²) >= 11 is 2.01. The van der Waals surface area contributed by atoms with Gasteiger partial charge in [0.15, 0.2) is 0 Å². The van der Waals surface area contributed by atoms with Crippen LogP contribution in [0.1, 0.15) is 17.5 Å². The fourth-order valence-electron chi connectivity index (χ4n) is 2.10. The first kappa shape index (κ1) is 8.37. The number of aryl methyl sites for hydroxylation is 1. The van der Waals surface area contributed by atoms with E-state index in [1.165, 1.54) is 28.0 Å². The molecular formula is C13H12S. The van der Waals surface area contributed by atoms with Crippen molar-refractivity contribution in [2.24, 2.45) is 0 Å². The summed E-state index contributed by atoms with van der Waals surface area (Å²) in [5, 5.41) is 0.678. The summed E-state index contributed by atoms with van der Waals surface area (Å²) in [6.45, 7) is 2.16. The molecule has 1 aliphatic heterocycles. The van der Waals surface area contributed by atoms with Gasteiger partial charge in [-0.1, -0.05) is 30.4 Å². The van der Waals surface area contributed by atoms with Crippen molar-refractivity contribution >= 4 is 17.3 Å². The van der Waals surface area contributed by atoms with E-state index in [1.807, 2.05) is 11.8 Å². The monoisotopic (exact) mass is 200 g/mol. The predicted molar refractivity (Wildman–Crippen MR) is 62.6 cm³/mol. The molecule has 1 aromatic rings. The van der Waals surface area contributed by atoms with Gasteiger partial charge in [-0.15, -0.1) is 11.8 Å². The molecule has 0 saturated carbocycles. The average Bonchev–Trinajstić information content (AvgIpc) is 2.54. The van der Waals surface area contributed by atoms with E-state index in [0.717, 1.165) is 0 Å². The van der Waals surface area contributed by atoms with Crippen molar-refractivity contribution < 1.29 is 0 Å². The predicted octanol–water partition coefficient (Wildman–Crippen LogP) is 3.81. The van der Waals surface area contributed by atoms with Crippen LogP contribution in [0, 0.1) is 6.92 Å². The van der Waals surface area contributed by atoms with Crippen LogP contribution in [0.4, 0.5) is 0 Å². The van der Waals surface area contributed by atoms with Gasteiger partial charge in [0.1, 0.15) is 0 Å². The van der Waals surface area contributed by atoms with E-state index in [-0.39, 0.29) is 0 Å². The molecule has 1 aromatic carbocycles. The maximum atomic E-state index is 2.30. The van der Waals surface area contributed by atoms with Gasteiger partial charge in [0.2, 0.25) is 0 Å². The zero-order valence-electron chi connectivity index (χ0n) is 8.16. The lowest BCUT2D eigenvalue weighted by molar-refractivity contribution is 1.09. The van der Waals surface area contributed by atoms with Gasteiger partial charge in [-0.05, 0) is 36.1 Å². The maximum Gasteiger partial charge on any atom is 0.0385 e. The molecule has 3 rings (SSSR count). The van der Waals surface area contributed by atoms with Crippen molar-refractivity contribution in [2.75, 3.05) is 0 Å². The lowest BCUT2D eigenvalue weighted by Gasteiger charge is -2.11. The maximum absolute atomic E-state index is 2.30. The highest BCUT2D eigenvalue weighted by molar-refractivity contribution is 8.00. The Morgan fingerprint density at radius 2 is 2.29 bits per heavy atom. The van der Waals surface area contributed by atoms with E-state index in [4.69, 9.17) is 0 Å². The minimum atomic E-state index is 0.678. The highest BCUT2D eigenvalue weighted by atomic mass is 32.2. The molecule has 2 aliphatic rings. The van der Waals surface area contributed by atoms with Crippen LogP contribution >= 0.6 is 11.8 Å². The van der Waals surface area contributed by atoms with E-state index < -0.39 is 0 Å². The number of fused-ring (bicyclic) bond motifs is 3. The number of hydrogen-bond donors (Lipinski definition) is 0. The van der Waals surface area contributed by atoms with Gasteiger partial charge in [-0.3, -0.25) is 0 Å². The van der Waals surface area contributed by atoms with Gasteiger partial charge in [0.05, 0.1) is 0 Å². The third kappa shape index (κ3) is 1.16. The molecule has 0 saturated heterocycles. The van der Waals surface area contributed by atoms with Crippen LogP contribution in [0.5, 0.6) is 0 Å². The van der Waals surface area contributed by atoms with Crippen LogP contribution in [0.15, 0.2) is 41.3 Å². The molecule has 1 atom stereocenters. The van der Waals surface area contributed by atoms with Crippen molar-refractivity contribution in [3.05, 3.63) is 47.6 Å². The molecule has 1 unspecified atom stereocenters. The van der Waals surface area contributed by atoms with Gasteiger partial charge in [-0.2, -0.15) is 0 Å². The average molecular weight is 200 g/mol. The molecule has 0 amide bonds. The van der Waals surface area contributed by atoms with E-state index in [2.05, 4.69) is 43.4 Å². The number of rotatable bonds is 0. The number of thioether (sulfide) groups is 1. The Morgan fingerprint density at radius 1 is 1.36 bits per heavy atom. The van der Waals surface area contributed by atoms with Crippen molar-refractivity contribution in [1.82, 2.24) is 0 Å². The highest BCUT2D eigenvalue weighted by Crippen LogP contribution is 2.47. The molecule has 0 spiro atoms. The number of benzene rings is 1. The first-order chi connectivity index (χ1) is 6.84. The van der Waals surface area contributed by atoms with Crippen LogP contribution < -0.4 is 0 Å². The minimum absolute atomic E-state index is 0.678. The van der Waals surface area contributed by atoms with E-state index in [1.54, 1.807) is 0 Å². The smallest absolute Gasteiger partial charge is 0.0385 e. The topological polar surface area (TPSA) is 0 Å². The van der Waals surface area contributed by atoms with Gasteiger partial charge in [0, 0.05) is 10.1 Å². The zero-order valence-corrected chi connectivity index (χ0v) is 8.97. The van der Waals surface area contributed by atoms with Crippen molar-refractivity contribution in [3.8, 4) is 0 Å². The zero-order chi connectivity index (χ0) is 9.54. The standard InChI is InChI=1S/C13H12S/c1-9-6-7-11-10-4-2-3-5-12(10)14-13(11)8-9/h2-4,6-8,12H,5H2,1H3. The molecule has 0 aromatic heterocycles. The van der Waals surface area contributed by atoms with E-state index >= 15 is 0 Å². The molecule has 0 bridgehead atoms. The second-order valence-corrected chi connectivity index (χ2v) is 5.14. The lowest BCUT2D eigenvalue weighted by atomic mass is 9.97. The van der Waals surface area contributed by atoms with Crippen LogP contribution in [-0.4, -0.2) is 5.25 Å². The summed E-state index contributed by atoms with van der Waals surface area (Å²) in [4.78, 5) is 1.46. The molecule has 0 nitrogen and oxygen atoms in total. The Balaban J connectivity index is 2.16. The summed E-state index contributed by atoms with van der Waals surface area (Å²) in [7, 11) is 0. The van der Waals surface area contributed by atoms with Crippen LogP contribution in [0.2, 0.25) is 0 Å². The third-order valence-corrected chi connectivity index (χ3v) is 4.15.